The van der Waals surface area contributed by atoms with Crippen molar-refractivity contribution in [2.75, 3.05) is 0 Å². The molecule has 1 aromatic rings. The highest BCUT2D eigenvalue weighted by molar-refractivity contribution is 6.19. The molecule has 1 aromatic carbocycles. The van der Waals surface area contributed by atoms with E-state index in [1.54, 1.807) is 0 Å². The van der Waals surface area contributed by atoms with Gasteiger partial charge in [-0.15, -0.1) is 0 Å². The zero-order chi connectivity index (χ0) is 13.3. The van der Waals surface area contributed by atoms with E-state index in [9.17, 15) is 4.79 Å². The van der Waals surface area contributed by atoms with Crippen LogP contribution in [0.15, 0.2) is 47.1 Å². The Balaban J connectivity index is 2.05. The highest BCUT2D eigenvalue weighted by Crippen LogP contribution is 2.41. The van der Waals surface area contributed by atoms with E-state index >= 15 is 0 Å². The van der Waals surface area contributed by atoms with E-state index in [2.05, 4.69) is 11.2 Å². The molecule has 1 aliphatic heterocycles. The smallest absolute Gasteiger partial charge is 0.316 e. The Kier molecular flexibility index (Phi) is 2.97. The quantitative estimate of drug-likeness (QED) is 0.599. The maximum atomic E-state index is 12.2. The average molecular weight is 255 g/mol. The molecule has 1 aliphatic carbocycles. The van der Waals surface area contributed by atoms with Gasteiger partial charge in [-0.25, -0.2) is 4.79 Å². The number of hydrogen-bond donors (Lipinski definition) is 0. The van der Waals surface area contributed by atoms with E-state index in [0.29, 0.717) is 0 Å². The molecule has 0 spiro atoms. The van der Waals surface area contributed by atoms with Gasteiger partial charge in [0.25, 0.3) is 0 Å². The maximum Gasteiger partial charge on any atom is 0.350 e. The monoisotopic (exact) mass is 255 g/mol. The zero-order valence-corrected chi connectivity index (χ0v) is 11.1. The largest absolute Gasteiger partial charge is 0.350 e. The van der Waals surface area contributed by atoms with Crippen molar-refractivity contribution in [2.45, 2.75) is 32.6 Å². The molecule has 98 valence electrons. The Morgan fingerprint density at radius 3 is 2.68 bits per heavy atom. The van der Waals surface area contributed by atoms with Crippen molar-refractivity contribution in [2.24, 2.45) is 10.6 Å². The lowest BCUT2D eigenvalue weighted by Crippen LogP contribution is -2.35. The minimum Gasteiger partial charge on any atom is -0.316 e. The first kappa shape index (κ1) is 12.2. The summed E-state index contributed by atoms with van der Waals surface area (Å²) in [6, 6.07) is 9.82. The number of allylic oxidation sites excluding steroid dienone is 1. The molecule has 0 N–H and O–H groups in total. The number of carbonyl (C=O) groups is 1. The van der Waals surface area contributed by atoms with Gasteiger partial charge in [-0.1, -0.05) is 47.1 Å². The van der Waals surface area contributed by atoms with Gasteiger partial charge in [0.05, 0.1) is 0 Å². The van der Waals surface area contributed by atoms with E-state index in [1.165, 1.54) is 6.42 Å². The van der Waals surface area contributed by atoms with Gasteiger partial charge in [-0.05, 0) is 32.6 Å². The molecule has 2 aliphatic rings. The fourth-order valence-corrected chi connectivity index (χ4v) is 2.88. The van der Waals surface area contributed by atoms with Crippen molar-refractivity contribution < 1.29 is 9.63 Å². The first-order valence-electron chi connectivity index (χ1n) is 6.78. The van der Waals surface area contributed by atoms with Gasteiger partial charge in [0.1, 0.15) is 11.1 Å². The van der Waals surface area contributed by atoms with Crippen LogP contribution in [0.25, 0.3) is 0 Å². The second kappa shape index (κ2) is 4.65. The summed E-state index contributed by atoms with van der Waals surface area (Å²) in [6.45, 7) is 1.94. The summed E-state index contributed by atoms with van der Waals surface area (Å²) in [5.41, 5.74) is 2.15. The van der Waals surface area contributed by atoms with Crippen molar-refractivity contribution in [3.8, 4) is 0 Å². The van der Waals surface area contributed by atoms with E-state index in [0.717, 1.165) is 36.1 Å². The Morgan fingerprint density at radius 1 is 1.21 bits per heavy atom. The van der Waals surface area contributed by atoms with Gasteiger partial charge >= 0.3 is 5.97 Å². The van der Waals surface area contributed by atoms with Crippen molar-refractivity contribution in [3.63, 3.8) is 0 Å². The maximum absolute atomic E-state index is 12.2. The predicted molar refractivity (Wildman–Crippen MR) is 73.7 cm³/mol. The van der Waals surface area contributed by atoms with Crippen LogP contribution >= 0.6 is 0 Å². The third-order valence-electron chi connectivity index (χ3n) is 4.08. The molecule has 3 heteroatoms. The van der Waals surface area contributed by atoms with Gasteiger partial charge in [0.15, 0.2) is 0 Å². The third-order valence-corrected chi connectivity index (χ3v) is 4.08. The van der Waals surface area contributed by atoms with Gasteiger partial charge in [-0.2, -0.15) is 0 Å². The highest BCUT2D eigenvalue weighted by atomic mass is 16.7. The first-order valence-corrected chi connectivity index (χ1v) is 6.78. The number of carbonyl (C=O) groups excluding carboxylic acids is 1. The molecular weight excluding hydrogens is 238 g/mol. The van der Waals surface area contributed by atoms with E-state index < -0.39 is 5.41 Å². The summed E-state index contributed by atoms with van der Waals surface area (Å²) in [4.78, 5) is 17.2. The fraction of sp³-hybridized carbons (Fsp3) is 0.375. The Hall–Kier alpha value is -1.90. The number of nitrogens with zero attached hydrogens (tertiary/aromatic N) is 1. The molecule has 3 nitrogen and oxygen atoms in total. The van der Waals surface area contributed by atoms with Crippen molar-refractivity contribution in [1.29, 1.82) is 0 Å². The standard InChI is InChI=1S/C16H17NO2/c1-16(13-10-6-3-7-11-13)14(17-19-15(16)18)12-8-4-2-5-9-12/h2,4-5,8-10H,3,6-7,11H2,1H3. The first-order chi connectivity index (χ1) is 9.23. The lowest BCUT2D eigenvalue weighted by atomic mass is 9.72. The van der Waals surface area contributed by atoms with Crippen LogP contribution in [0.5, 0.6) is 0 Å². The Morgan fingerprint density at radius 2 is 2.00 bits per heavy atom. The average Bonchev–Trinajstić information content (AvgIpc) is 2.78. The van der Waals surface area contributed by atoms with E-state index in [4.69, 9.17) is 4.84 Å². The molecule has 0 amide bonds. The van der Waals surface area contributed by atoms with Crippen LogP contribution in [-0.2, 0) is 9.63 Å². The van der Waals surface area contributed by atoms with Crippen molar-refractivity contribution >= 4 is 11.7 Å². The number of benzene rings is 1. The minimum absolute atomic E-state index is 0.250. The second-order valence-electron chi connectivity index (χ2n) is 5.28. The topological polar surface area (TPSA) is 38.7 Å². The Bertz CT molecular complexity index is 559. The van der Waals surface area contributed by atoms with Gasteiger partial charge in [0, 0.05) is 5.56 Å². The van der Waals surface area contributed by atoms with Crippen LogP contribution in [0, 0.1) is 5.41 Å². The lowest BCUT2D eigenvalue weighted by molar-refractivity contribution is -0.146. The molecule has 0 saturated carbocycles. The van der Waals surface area contributed by atoms with Crippen LogP contribution < -0.4 is 0 Å². The molecule has 19 heavy (non-hydrogen) atoms. The summed E-state index contributed by atoms with van der Waals surface area (Å²) >= 11 is 0. The molecule has 1 atom stereocenters. The SMILES string of the molecule is CC1(C2=CCCCC2)C(=O)ON=C1c1ccccc1. The Labute approximate surface area is 113 Å². The van der Waals surface area contributed by atoms with Crippen LogP contribution in [0.1, 0.15) is 38.2 Å². The molecule has 1 heterocycles. The normalized spacial score (nSPS) is 26.7. The third kappa shape index (κ3) is 1.89. The molecule has 0 bridgehead atoms. The van der Waals surface area contributed by atoms with E-state index in [1.807, 2.05) is 37.3 Å². The fourth-order valence-electron chi connectivity index (χ4n) is 2.88. The number of hydrogen-bond acceptors (Lipinski definition) is 3. The summed E-state index contributed by atoms with van der Waals surface area (Å²) < 4.78 is 0. The molecule has 0 saturated heterocycles. The van der Waals surface area contributed by atoms with Gasteiger partial charge in [-0.3, -0.25) is 0 Å². The van der Waals surface area contributed by atoms with Gasteiger partial charge in [0.2, 0.25) is 0 Å². The molecule has 1 unspecified atom stereocenters. The zero-order valence-electron chi connectivity index (χ0n) is 11.1. The minimum atomic E-state index is -0.707. The van der Waals surface area contributed by atoms with Crippen molar-refractivity contribution in [3.05, 3.63) is 47.5 Å². The molecule has 0 aromatic heterocycles. The van der Waals surface area contributed by atoms with Gasteiger partial charge < -0.3 is 4.84 Å². The second-order valence-corrected chi connectivity index (χ2v) is 5.28. The number of rotatable bonds is 2. The summed E-state index contributed by atoms with van der Waals surface area (Å²) in [6.07, 6.45) is 6.52. The molecular formula is C16H17NO2. The molecule has 0 radical (unpaired) electrons. The summed E-state index contributed by atoms with van der Waals surface area (Å²) in [5, 5.41) is 4.04. The predicted octanol–water partition coefficient (Wildman–Crippen LogP) is 3.45. The number of oxime groups is 1. The molecule has 0 fully saturated rings. The van der Waals surface area contributed by atoms with Crippen LogP contribution in [0.2, 0.25) is 0 Å². The van der Waals surface area contributed by atoms with Crippen LogP contribution in [0.4, 0.5) is 0 Å². The molecule has 3 rings (SSSR count). The van der Waals surface area contributed by atoms with Crippen molar-refractivity contribution in [1.82, 2.24) is 0 Å². The highest BCUT2D eigenvalue weighted by Gasteiger charge is 2.49. The van der Waals surface area contributed by atoms with Crippen LogP contribution in [0.3, 0.4) is 0 Å². The van der Waals surface area contributed by atoms with E-state index in [-0.39, 0.29) is 5.97 Å². The summed E-state index contributed by atoms with van der Waals surface area (Å²) in [5.74, 6) is -0.250. The summed E-state index contributed by atoms with van der Waals surface area (Å²) in [7, 11) is 0. The lowest BCUT2D eigenvalue weighted by Gasteiger charge is -2.27. The van der Waals surface area contributed by atoms with Crippen LogP contribution in [-0.4, -0.2) is 11.7 Å².